The number of benzene rings is 2. The highest BCUT2D eigenvalue weighted by Gasteiger charge is 2.67. The number of nitrogens with zero attached hydrogens (tertiary/aromatic N) is 1. The molecule has 2 amide bonds. The summed E-state index contributed by atoms with van der Waals surface area (Å²) in [7, 11) is 0. The molecule has 4 aliphatic carbocycles. The Morgan fingerprint density at radius 3 is 2.17 bits per heavy atom. The zero-order valence-corrected chi connectivity index (χ0v) is 16.7. The van der Waals surface area contributed by atoms with Crippen LogP contribution in [0.25, 0.3) is 0 Å². The number of rotatable bonds is 3. The van der Waals surface area contributed by atoms with Gasteiger partial charge in [-0.05, 0) is 54.4 Å². The van der Waals surface area contributed by atoms with E-state index in [2.05, 4.69) is 12.2 Å². The Balaban J connectivity index is 1.35. The van der Waals surface area contributed by atoms with Crippen molar-refractivity contribution in [2.75, 3.05) is 4.90 Å². The molecular formula is C24H18ClNO4. The molecule has 7 rings (SSSR count). The topological polar surface area (TPSA) is 63.7 Å². The number of carbonyl (C=O) groups excluding carboxylic acids is 3. The van der Waals surface area contributed by atoms with Gasteiger partial charge in [0.05, 0.1) is 28.1 Å². The minimum absolute atomic E-state index is 0.143. The highest BCUT2D eigenvalue weighted by molar-refractivity contribution is 6.33. The quantitative estimate of drug-likeness (QED) is 0.325. The highest BCUT2D eigenvalue weighted by Crippen LogP contribution is 2.65. The molecule has 0 radical (unpaired) electrons. The first-order chi connectivity index (χ1) is 14.6. The predicted octanol–water partition coefficient (Wildman–Crippen LogP) is 4.12. The lowest BCUT2D eigenvalue weighted by molar-refractivity contribution is -0.124. The fourth-order valence-electron chi connectivity index (χ4n) is 5.70. The predicted molar refractivity (Wildman–Crippen MR) is 110 cm³/mol. The third-order valence-corrected chi connectivity index (χ3v) is 7.39. The zero-order valence-electron chi connectivity index (χ0n) is 15.9. The smallest absolute Gasteiger partial charge is 0.345 e. The number of anilines is 1. The molecule has 0 N–H and O–H groups in total. The first-order valence-electron chi connectivity index (χ1n) is 10.2. The molecule has 2 aromatic carbocycles. The molecule has 6 heteroatoms. The third kappa shape index (κ3) is 2.39. The Bertz CT molecular complexity index is 1110. The third-order valence-electron chi connectivity index (χ3n) is 7.07. The normalized spacial score (nSPS) is 32.8. The van der Waals surface area contributed by atoms with Crippen molar-refractivity contribution in [1.82, 2.24) is 0 Å². The average Bonchev–Trinajstić information content (AvgIpc) is 3.53. The first kappa shape index (κ1) is 17.9. The van der Waals surface area contributed by atoms with Crippen molar-refractivity contribution < 1.29 is 19.1 Å². The number of amides is 2. The summed E-state index contributed by atoms with van der Waals surface area (Å²) in [6.07, 6.45) is 5.39. The maximum absolute atomic E-state index is 13.4. The maximum atomic E-state index is 13.4. The van der Waals surface area contributed by atoms with Gasteiger partial charge in [-0.3, -0.25) is 9.59 Å². The van der Waals surface area contributed by atoms with Gasteiger partial charge in [0, 0.05) is 0 Å². The van der Waals surface area contributed by atoms with E-state index in [9.17, 15) is 14.4 Å². The van der Waals surface area contributed by atoms with Crippen LogP contribution in [0.15, 0.2) is 60.7 Å². The van der Waals surface area contributed by atoms with Gasteiger partial charge in [0.15, 0.2) is 5.75 Å². The molecule has 6 atom stereocenters. The fourth-order valence-corrected chi connectivity index (χ4v) is 5.92. The summed E-state index contributed by atoms with van der Waals surface area (Å²) in [6.45, 7) is 0. The molecule has 1 aliphatic heterocycles. The number of carbonyl (C=O) groups is 3. The molecule has 2 bridgehead atoms. The number of hydrogen-bond donors (Lipinski definition) is 0. The zero-order chi connectivity index (χ0) is 20.6. The molecule has 2 saturated carbocycles. The number of hydrogen-bond acceptors (Lipinski definition) is 4. The summed E-state index contributed by atoms with van der Waals surface area (Å²) in [4.78, 5) is 40.7. The van der Waals surface area contributed by atoms with E-state index in [1.54, 1.807) is 48.5 Å². The molecule has 150 valence electrons. The van der Waals surface area contributed by atoms with Gasteiger partial charge in [0.25, 0.3) is 0 Å². The van der Waals surface area contributed by atoms with E-state index in [-0.39, 0.29) is 51.8 Å². The maximum Gasteiger partial charge on any atom is 0.345 e. The largest absolute Gasteiger partial charge is 0.421 e. The minimum Gasteiger partial charge on any atom is -0.421 e. The van der Waals surface area contributed by atoms with Crippen LogP contribution in [0.1, 0.15) is 16.8 Å². The molecule has 0 spiro atoms. The van der Waals surface area contributed by atoms with Crippen molar-refractivity contribution in [2.24, 2.45) is 35.5 Å². The van der Waals surface area contributed by atoms with Crippen LogP contribution in [-0.2, 0) is 9.59 Å². The van der Waals surface area contributed by atoms with Gasteiger partial charge < -0.3 is 4.74 Å². The number of para-hydroxylation sites is 2. The number of ether oxygens (including phenoxy) is 1. The molecule has 1 saturated heterocycles. The van der Waals surface area contributed by atoms with E-state index in [0.717, 1.165) is 6.42 Å². The second-order valence-corrected chi connectivity index (χ2v) is 8.91. The molecule has 5 nitrogen and oxygen atoms in total. The molecule has 30 heavy (non-hydrogen) atoms. The van der Waals surface area contributed by atoms with E-state index in [0.29, 0.717) is 17.5 Å². The van der Waals surface area contributed by atoms with Gasteiger partial charge >= 0.3 is 5.97 Å². The van der Waals surface area contributed by atoms with Crippen LogP contribution in [0.3, 0.4) is 0 Å². The van der Waals surface area contributed by atoms with E-state index >= 15 is 0 Å². The Morgan fingerprint density at radius 2 is 1.50 bits per heavy atom. The van der Waals surface area contributed by atoms with Crippen molar-refractivity contribution >= 4 is 35.1 Å². The molecule has 0 aromatic heterocycles. The van der Waals surface area contributed by atoms with Crippen LogP contribution in [0.2, 0.25) is 5.02 Å². The van der Waals surface area contributed by atoms with E-state index < -0.39 is 5.97 Å². The number of imide groups is 1. The number of allylic oxidation sites excluding steroid dienone is 2. The molecule has 0 unspecified atom stereocenters. The Labute approximate surface area is 178 Å². The summed E-state index contributed by atoms with van der Waals surface area (Å²) in [6, 6.07) is 13.3. The van der Waals surface area contributed by atoms with Gasteiger partial charge in [-0.25, -0.2) is 9.69 Å². The van der Waals surface area contributed by atoms with Crippen molar-refractivity contribution in [3.63, 3.8) is 0 Å². The Hall–Kier alpha value is -2.92. The number of halogens is 1. The summed E-state index contributed by atoms with van der Waals surface area (Å²) in [5.41, 5.74) is 0.541. The van der Waals surface area contributed by atoms with Crippen LogP contribution in [0.4, 0.5) is 5.69 Å². The monoisotopic (exact) mass is 419 g/mol. The lowest BCUT2D eigenvalue weighted by Crippen LogP contribution is -2.40. The van der Waals surface area contributed by atoms with E-state index in [1.165, 1.54) is 4.90 Å². The summed E-state index contributed by atoms with van der Waals surface area (Å²) in [5.74, 6) is -0.0779. The summed E-state index contributed by atoms with van der Waals surface area (Å²) < 4.78 is 5.59. The van der Waals surface area contributed by atoms with Gasteiger partial charge in [-0.1, -0.05) is 48.0 Å². The Morgan fingerprint density at radius 1 is 0.900 bits per heavy atom. The van der Waals surface area contributed by atoms with E-state index in [1.807, 2.05) is 0 Å². The fraction of sp³-hybridized carbons (Fsp3) is 0.292. The molecular weight excluding hydrogens is 402 g/mol. The average molecular weight is 420 g/mol. The van der Waals surface area contributed by atoms with Gasteiger partial charge in [-0.2, -0.15) is 0 Å². The van der Waals surface area contributed by atoms with Crippen molar-refractivity contribution in [3.8, 4) is 5.75 Å². The second-order valence-electron chi connectivity index (χ2n) is 8.50. The molecule has 2 aromatic rings. The number of esters is 1. The Kier molecular flexibility index (Phi) is 3.75. The SMILES string of the molecule is O=C(Oc1ccccc1N1C(=O)[C@@H]2[C@H]3C=C[C@@H]([C@@H]4C[C@H]34)[C@H]2C1=O)c1ccccc1Cl. The van der Waals surface area contributed by atoms with Gasteiger partial charge in [-0.15, -0.1) is 0 Å². The standard InChI is InChI=1S/C24H18ClNO4/c25-17-6-2-1-5-14(17)24(29)30-19-8-4-3-7-18(19)26-22(27)20-12-9-10-13(16-11-15(12)16)21(20)23(26)28/h1-10,12-13,15-16,20-21H,11H2/t12-,13-,15-,16+,20+,21+/m0/s1. The second kappa shape index (κ2) is 6.29. The molecule has 3 fully saturated rings. The van der Waals surface area contributed by atoms with Crippen LogP contribution in [0, 0.1) is 35.5 Å². The van der Waals surface area contributed by atoms with Crippen molar-refractivity contribution in [3.05, 3.63) is 71.3 Å². The van der Waals surface area contributed by atoms with Crippen LogP contribution >= 0.6 is 11.6 Å². The first-order valence-corrected chi connectivity index (χ1v) is 10.6. The van der Waals surface area contributed by atoms with Crippen molar-refractivity contribution in [1.29, 1.82) is 0 Å². The van der Waals surface area contributed by atoms with E-state index in [4.69, 9.17) is 16.3 Å². The van der Waals surface area contributed by atoms with Gasteiger partial charge in [0.1, 0.15) is 0 Å². The lowest BCUT2D eigenvalue weighted by atomic mass is 9.63. The molecule has 5 aliphatic rings. The summed E-state index contributed by atoms with van der Waals surface area (Å²) in [5, 5.41) is 0.279. The van der Waals surface area contributed by atoms with Crippen LogP contribution < -0.4 is 9.64 Å². The van der Waals surface area contributed by atoms with Crippen LogP contribution in [0.5, 0.6) is 5.75 Å². The molecule has 1 heterocycles. The van der Waals surface area contributed by atoms with Gasteiger partial charge in [0.2, 0.25) is 11.8 Å². The minimum atomic E-state index is -0.632. The lowest BCUT2D eigenvalue weighted by Gasteiger charge is -2.37. The summed E-state index contributed by atoms with van der Waals surface area (Å²) >= 11 is 6.11. The highest BCUT2D eigenvalue weighted by atomic mass is 35.5. The van der Waals surface area contributed by atoms with Crippen LogP contribution in [-0.4, -0.2) is 17.8 Å². The van der Waals surface area contributed by atoms with Crippen molar-refractivity contribution in [2.45, 2.75) is 6.42 Å².